The summed E-state index contributed by atoms with van der Waals surface area (Å²) in [6, 6.07) is 10.9. The minimum atomic E-state index is -0.137. The lowest BCUT2D eigenvalue weighted by Gasteiger charge is -2.16. The lowest BCUT2D eigenvalue weighted by molar-refractivity contribution is 0.311. The van der Waals surface area contributed by atoms with E-state index in [4.69, 9.17) is 21.8 Å². The van der Waals surface area contributed by atoms with Gasteiger partial charge in [0.1, 0.15) is 34.9 Å². The van der Waals surface area contributed by atoms with Gasteiger partial charge in [0.2, 0.25) is 0 Å². The summed E-state index contributed by atoms with van der Waals surface area (Å²) in [4.78, 5) is 4.28. The maximum atomic E-state index is 9.61. The van der Waals surface area contributed by atoms with Crippen LogP contribution in [0.2, 0.25) is 5.02 Å². The van der Waals surface area contributed by atoms with Crippen LogP contribution >= 0.6 is 11.6 Å². The fourth-order valence-electron chi connectivity index (χ4n) is 2.31. The van der Waals surface area contributed by atoms with E-state index in [1.807, 2.05) is 0 Å². The molecule has 0 aliphatic heterocycles. The molecule has 0 spiro atoms. The third kappa shape index (κ3) is 4.17. The standard InChI is InChI=1S/C17H16ClN5O2/c18-12-3-1-11(2-4-12)15-13(9-19)16(21-5-7-24)23-17(14(15)10-20)22-6-8-25/h1-4,24-25H,5-8H2,(H2,21,22,23). The van der Waals surface area contributed by atoms with Gasteiger partial charge in [-0.3, -0.25) is 0 Å². The van der Waals surface area contributed by atoms with Crippen LogP contribution in [0, 0.1) is 22.7 Å². The molecule has 0 radical (unpaired) electrons. The predicted octanol–water partition coefficient (Wildman–Crippen LogP) is 1.95. The first kappa shape index (κ1) is 18.5. The Morgan fingerprint density at radius 1 is 0.920 bits per heavy atom. The summed E-state index contributed by atoms with van der Waals surface area (Å²) in [5.74, 6) is 0.502. The Kier molecular flexibility index (Phi) is 6.55. The number of pyridine rings is 1. The van der Waals surface area contributed by atoms with Crippen LogP contribution in [-0.4, -0.2) is 41.5 Å². The van der Waals surface area contributed by atoms with Crippen molar-refractivity contribution in [2.24, 2.45) is 0 Å². The third-order valence-electron chi connectivity index (χ3n) is 3.36. The minimum absolute atomic E-state index is 0.137. The lowest BCUT2D eigenvalue weighted by atomic mass is 9.96. The number of halogens is 1. The first-order valence-corrected chi connectivity index (χ1v) is 7.87. The van der Waals surface area contributed by atoms with Gasteiger partial charge in [0.25, 0.3) is 0 Å². The topological polar surface area (TPSA) is 125 Å². The highest BCUT2D eigenvalue weighted by Crippen LogP contribution is 2.35. The Balaban J connectivity index is 2.73. The van der Waals surface area contributed by atoms with E-state index in [9.17, 15) is 10.5 Å². The molecule has 2 aromatic rings. The van der Waals surface area contributed by atoms with E-state index in [1.165, 1.54) is 0 Å². The van der Waals surface area contributed by atoms with E-state index in [1.54, 1.807) is 24.3 Å². The largest absolute Gasteiger partial charge is 0.395 e. The highest BCUT2D eigenvalue weighted by atomic mass is 35.5. The van der Waals surface area contributed by atoms with Crippen molar-refractivity contribution >= 4 is 23.2 Å². The van der Waals surface area contributed by atoms with Gasteiger partial charge in [0.15, 0.2) is 0 Å². The van der Waals surface area contributed by atoms with Gasteiger partial charge in [0, 0.05) is 23.7 Å². The van der Waals surface area contributed by atoms with Crippen LogP contribution in [0.5, 0.6) is 0 Å². The number of rotatable bonds is 7. The van der Waals surface area contributed by atoms with Crippen molar-refractivity contribution < 1.29 is 10.2 Å². The second-order valence-corrected chi connectivity index (χ2v) is 5.40. The minimum Gasteiger partial charge on any atom is -0.395 e. The second kappa shape index (κ2) is 8.86. The van der Waals surface area contributed by atoms with Crippen LogP contribution in [0.25, 0.3) is 11.1 Å². The second-order valence-electron chi connectivity index (χ2n) is 4.97. The normalized spacial score (nSPS) is 9.96. The molecule has 0 atom stereocenters. The number of nitrogens with zero attached hydrogens (tertiary/aromatic N) is 3. The van der Waals surface area contributed by atoms with Crippen LogP contribution in [0.15, 0.2) is 24.3 Å². The summed E-state index contributed by atoms with van der Waals surface area (Å²) < 4.78 is 0. The van der Waals surface area contributed by atoms with Crippen LogP contribution in [0.3, 0.4) is 0 Å². The molecule has 0 bridgehead atoms. The van der Waals surface area contributed by atoms with Crippen molar-refractivity contribution in [2.45, 2.75) is 0 Å². The molecule has 2 rings (SSSR count). The molecule has 1 heterocycles. The maximum Gasteiger partial charge on any atom is 0.147 e. The Bertz CT molecular complexity index is 781. The smallest absolute Gasteiger partial charge is 0.147 e. The molecular formula is C17H16ClN5O2. The molecule has 1 aromatic heterocycles. The van der Waals surface area contributed by atoms with Crippen molar-refractivity contribution in [3.05, 3.63) is 40.4 Å². The SMILES string of the molecule is N#Cc1c(NCCO)nc(NCCO)c(C#N)c1-c1ccc(Cl)cc1. The van der Waals surface area contributed by atoms with Crippen molar-refractivity contribution in [3.63, 3.8) is 0 Å². The van der Waals surface area contributed by atoms with Crippen molar-refractivity contribution in [1.29, 1.82) is 10.5 Å². The zero-order chi connectivity index (χ0) is 18.2. The lowest BCUT2D eigenvalue weighted by Crippen LogP contribution is -2.14. The zero-order valence-electron chi connectivity index (χ0n) is 13.3. The molecule has 0 amide bonds. The average molecular weight is 358 g/mol. The number of aromatic nitrogens is 1. The maximum absolute atomic E-state index is 9.61. The van der Waals surface area contributed by atoms with E-state index in [-0.39, 0.29) is 49.1 Å². The number of hydrogen-bond donors (Lipinski definition) is 4. The summed E-state index contributed by atoms with van der Waals surface area (Å²) in [5, 5.41) is 43.6. The molecule has 0 fully saturated rings. The molecule has 0 aliphatic carbocycles. The fourth-order valence-corrected chi connectivity index (χ4v) is 2.44. The number of nitrogens with one attached hydrogen (secondary N) is 2. The Morgan fingerprint density at radius 3 is 1.80 bits per heavy atom. The van der Waals surface area contributed by atoms with Crippen LogP contribution < -0.4 is 10.6 Å². The molecule has 8 heteroatoms. The van der Waals surface area contributed by atoms with E-state index in [0.29, 0.717) is 16.1 Å². The van der Waals surface area contributed by atoms with E-state index < -0.39 is 0 Å². The predicted molar refractivity (Wildman–Crippen MR) is 95.3 cm³/mol. The van der Waals surface area contributed by atoms with Gasteiger partial charge in [-0.15, -0.1) is 0 Å². The number of hydrogen-bond acceptors (Lipinski definition) is 7. The Labute approximate surface area is 150 Å². The van der Waals surface area contributed by atoms with E-state index in [2.05, 4.69) is 27.8 Å². The molecule has 0 unspecified atom stereocenters. The van der Waals surface area contributed by atoms with Crippen LogP contribution in [0.4, 0.5) is 11.6 Å². The number of benzene rings is 1. The first-order chi connectivity index (χ1) is 12.2. The third-order valence-corrected chi connectivity index (χ3v) is 3.61. The van der Waals surface area contributed by atoms with E-state index >= 15 is 0 Å². The van der Waals surface area contributed by atoms with Gasteiger partial charge >= 0.3 is 0 Å². The molecule has 25 heavy (non-hydrogen) atoms. The van der Waals surface area contributed by atoms with Gasteiger partial charge in [-0.05, 0) is 17.7 Å². The molecule has 0 saturated carbocycles. The van der Waals surface area contributed by atoms with Crippen molar-refractivity contribution in [1.82, 2.24) is 4.98 Å². The molecule has 0 saturated heterocycles. The fraction of sp³-hybridized carbons (Fsp3) is 0.235. The van der Waals surface area contributed by atoms with Gasteiger partial charge in [-0.25, -0.2) is 4.98 Å². The zero-order valence-corrected chi connectivity index (χ0v) is 14.0. The first-order valence-electron chi connectivity index (χ1n) is 7.49. The Morgan fingerprint density at radius 2 is 1.40 bits per heavy atom. The highest BCUT2D eigenvalue weighted by molar-refractivity contribution is 6.30. The molecule has 128 valence electrons. The van der Waals surface area contributed by atoms with Gasteiger partial charge in [-0.2, -0.15) is 10.5 Å². The summed E-state index contributed by atoms with van der Waals surface area (Å²) >= 11 is 5.92. The monoisotopic (exact) mass is 357 g/mol. The summed E-state index contributed by atoms with van der Waals surface area (Å²) in [6.45, 7) is 0.130. The molecule has 4 N–H and O–H groups in total. The van der Waals surface area contributed by atoms with Crippen molar-refractivity contribution in [3.8, 4) is 23.3 Å². The molecule has 7 nitrogen and oxygen atoms in total. The quantitative estimate of drug-likeness (QED) is 0.596. The summed E-state index contributed by atoms with van der Waals surface area (Å²) in [6.07, 6.45) is 0. The molecule has 0 aliphatic rings. The number of nitriles is 2. The van der Waals surface area contributed by atoms with Gasteiger partial charge in [0.05, 0.1) is 13.2 Å². The van der Waals surface area contributed by atoms with Crippen LogP contribution in [0.1, 0.15) is 11.1 Å². The van der Waals surface area contributed by atoms with Gasteiger partial charge in [-0.1, -0.05) is 23.7 Å². The van der Waals surface area contributed by atoms with Crippen molar-refractivity contribution in [2.75, 3.05) is 36.9 Å². The number of anilines is 2. The van der Waals surface area contributed by atoms with Crippen LogP contribution in [-0.2, 0) is 0 Å². The highest BCUT2D eigenvalue weighted by Gasteiger charge is 2.21. The number of aliphatic hydroxyl groups is 2. The Hall–Kier alpha value is -2.84. The van der Waals surface area contributed by atoms with Gasteiger partial charge < -0.3 is 20.8 Å². The van der Waals surface area contributed by atoms with E-state index in [0.717, 1.165) is 0 Å². The molecular weight excluding hydrogens is 342 g/mol. The average Bonchev–Trinajstić information content (AvgIpc) is 2.64. The molecule has 1 aromatic carbocycles. The summed E-state index contributed by atoms with van der Waals surface area (Å²) in [7, 11) is 0. The number of aliphatic hydroxyl groups excluding tert-OH is 2. The summed E-state index contributed by atoms with van der Waals surface area (Å²) in [5.41, 5.74) is 1.44.